The first-order chi connectivity index (χ1) is 26.7. The Kier molecular flexibility index (Phi) is 8.09. The molecule has 0 unspecified atom stereocenters. The third-order valence-corrected chi connectivity index (χ3v) is 11.6. The van der Waals surface area contributed by atoms with Crippen LogP contribution in [-0.2, 0) is 0 Å². The van der Waals surface area contributed by atoms with Gasteiger partial charge in [0.1, 0.15) is 0 Å². The van der Waals surface area contributed by atoms with Crippen molar-refractivity contribution in [2.75, 3.05) is 4.90 Å². The van der Waals surface area contributed by atoms with E-state index >= 15 is 0 Å². The maximum Gasteiger partial charge on any atom is 0.0476 e. The van der Waals surface area contributed by atoms with Crippen LogP contribution in [0.25, 0.3) is 75.5 Å². The van der Waals surface area contributed by atoms with E-state index in [1.54, 1.807) is 0 Å². The molecule has 0 atom stereocenters. The van der Waals surface area contributed by atoms with Crippen molar-refractivity contribution >= 4 is 59.3 Å². The molecule has 0 aliphatic carbocycles. The molecule has 9 aromatic carbocycles. The second-order valence-corrected chi connectivity index (χ2v) is 14.9. The standard InChI is InChI=1S/C52H35NS/c1-3-13-36(14-4-1)41-31-42(37-15-5-2-6-16-37)33-43(32-41)38-25-27-44(28-26-38)53(46-29-30-50-49-22-9-10-24-51(49)54-52(50)35-46)45-20-11-19-40(34-45)48-23-12-18-39-17-7-8-21-47(39)48/h1-35H. The van der Waals surface area contributed by atoms with E-state index < -0.39 is 0 Å². The Labute approximate surface area is 319 Å². The summed E-state index contributed by atoms with van der Waals surface area (Å²) >= 11 is 1.86. The predicted molar refractivity (Wildman–Crippen MR) is 233 cm³/mol. The number of hydrogen-bond acceptors (Lipinski definition) is 2. The number of hydrogen-bond donors (Lipinski definition) is 0. The lowest BCUT2D eigenvalue weighted by molar-refractivity contribution is 1.29. The summed E-state index contributed by atoms with van der Waals surface area (Å²) in [6.07, 6.45) is 0. The molecule has 1 heterocycles. The van der Waals surface area contributed by atoms with Crippen molar-refractivity contribution in [3.63, 3.8) is 0 Å². The van der Waals surface area contributed by atoms with E-state index in [2.05, 4.69) is 217 Å². The van der Waals surface area contributed by atoms with Crippen LogP contribution in [0.1, 0.15) is 0 Å². The molecule has 0 amide bonds. The molecule has 0 spiro atoms. The number of nitrogens with zero attached hydrogens (tertiary/aromatic N) is 1. The molecule has 0 radical (unpaired) electrons. The zero-order valence-electron chi connectivity index (χ0n) is 29.6. The van der Waals surface area contributed by atoms with Crippen LogP contribution in [-0.4, -0.2) is 0 Å². The third kappa shape index (κ3) is 5.93. The van der Waals surface area contributed by atoms with Crippen LogP contribution >= 0.6 is 11.3 Å². The van der Waals surface area contributed by atoms with Crippen LogP contribution in [0.3, 0.4) is 0 Å². The third-order valence-electron chi connectivity index (χ3n) is 10.4. The van der Waals surface area contributed by atoms with Gasteiger partial charge in [-0.05, 0) is 116 Å². The molecule has 0 saturated heterocycles. The van der Waals surface area contributed by atoms with Gasteiger partial charge in [-0.3, -0.25) is 0 Å². The maximum absolute atomic E-state index is 2.40. The van der Waals surface area contributed by atoms with Crippen LogP contribution in [0.4, 0.5) is 17.1 Å². The Morgan fingerprint density at radius 3 is 1.52 bits per heavy atom. The Morgan fingerprint density at radius 2 is 0.796 bits per heavy atom. The van der Waals surface area contributed by atoms with Crippen LogP contribution in [0.15, 0.2) is 212 Å². The number of thiophene rings is 1. The largest absolute Gasteiger partial charge is 0.310 e. The number of rotatable bonds is 7. The van der Waals surface area contributed by atoms with E-state index in [9.17, 15) is 0 Å². The van der Waals surface area contributed by atoms with Gasteiger partial charge in [0.2, 0.25) is 0 Å². The van der Waals surface area contributed by atoms with Gasteiger partial charge < -0.3 is 4.90 Å². The van der Waals surface area contributed by atoms with Crippen LogP contribution in [0.2, 0.25) is 0 Å². The van der Waals surface area contributed by atoms with Crippen molar-refractivity contribution in [1.29, 1.82) is 0 Å². The topological polar surface area (TPSA) is 3.24 Å². The lowest BCUT2D eigenvalue weighted by Gasteiger charge is -2.26. The highest BCUT2D eigenvalue weighted by Gasteiger charge is 2.17. The summed E-state index contributed by atoms with van der Waals surface area (Å²) in [7, 11) is 0. The second-order valence-electron chi connectivity index (χ2n) is 13.8. The van der Waals surface area contributed by atoms with E-state index in [1.807, 2.05) is 11.3 Å². The molecule has 1 nitrogen and oxygen atoms in total. The Hall–Kier alpha value is -6.74. The highest BCUT2D eigenvalue weighted by molar-refractivity contribution is 7.25. The van der Waals surface area contributed by atoms with Crippen molar-refractivity contribution in [3.05, 3.63) is 212 Å². The second kappa shape index (κ2) is 13.7. The summed E-state index contributed by atoms with van der Waals surface area (Å²) in [5.74, 6) is 0. The maximum atomic E-state index is 2.40. The summed E-state index contributed by atoms with van der Waals surface area (Å²) in [5, 5.41) is 5.11. The predicted octanol–water partition coefficient (Wildman–Crippen LogP) is 15.3. The minimum Gasteiger partial charge on any atom is -0.310 e. The summed E-state index contributed by atoms with van der Waals surface area (Å²) in [6.45, 7) is 0. The zero-order chi connectivity index (χ0) is 35.8. The molecule has 2 heteroatoms. The summed E-state index contributed by atoms with van der Waals surface area (Å²) in [5.41, 5.74) is 13.0. The van der Waals surface area contributed by atoms with E-state index in [4.69, 9.17) is 0 Å². The highest BCUT2D eigenvalue weighted by Crippen LogP contribution is 2.43. The minimum absolute atomic E-state index is 1.11. The van der Waals surface area contributed by atoms with Crippen LogP contribution in [0.5, 0.6) is 0 Å². The minimum atomic E-state index is 1.11. The van der Waals surface area contributed by atoms with Gasteiger partial charge in [0.25, 0.3) is 0 Å². The molecule has 10 aromatic rings. The SMILES string of the molecule is c1ccc(-c2cc(-c3ccccc3)cc(-c3ccc(N(c4cccc(-c5cccc6ccccc56)c4)c4ccc5c(c4)sc4ccccc45)cc3)c2)cc1. The number of anilines is 3. The molecule has 54 heavy (non-hydrogen) atoms. The van der Waals surface area contributed by atoms with Crippen LogP contribution in [0, 0.1) is 0 Å². The summed E-state index contributed by atoms with van der Waals surface area (Å²) in [6, 6.07) is 77.2. The van der Waals surface area contributed by atoms with E-state index in [0.717, 1.165) is 17.1 Å². The fourth-order valence-electron chi connectivity index (χ4n) is 7.78. The van der Waals surface area contributed by atoms with Gasteiger partial charge in [-0.15, -0.1) is 11.3 Å². The van der Waals surface area contributed by atoms with E-state index in [1.165, 1.54) is 75.5 Å². The quantitative estimate of drug-likeness (QED) is 0.160. The number of fused-ring (bicyclic) bond motifs is 4. The van der Waals surface area contributed by atoms with Gasteiger partial charge >= 0.3 is 0 Å². The molecule has 1 aromatic heterocycles. The highest BCUT2D eigenvalue weighted by atomic mass is 32.1. The Morgan fingerprint density at radius 1 is 0.278 bits per heavy atom. The first-order valence-corrected chi connectivity index (χ1v) is 19.2. The Balaban J connectivity index is 1.11. The molecule has 0 fully saturated rings. The van der Waals surface area contributed by atoms with Gasteiger partial charge in [0.05, 0.1) is 0 Å². The zero-order valence-corrected chi connectivity index (χ0v) is 30.4. The van der Waals surface area contributed by atoms with Crippen LogP contribution < -0.4 is 4.90 Å². The molecule has 0 aliphatic heterocycles. The van der Waals surface area contributed by atoms with Gasteiger partial charge in [-0.25, -0.2) is 0 Å². The van der Waals surface area contributed by atoms with Crippen molar-refractivity contribution in [2.45, 2.75) is 0 Å². The normalized spacial score (nSPS) is 11.3. The molecule has 10 rings (SSSR count). The molecular weight excluding hydrogens is 671 g/mol. The van der Waals surface area contributed by atoms with Gasteiger partial charge in [-0.2, -0.15) is 0 Å². The van der Waals surface area contributed by atoms with Crippen molar-refractivity contribution in [3.8, 4) is 44.5 Å². The van der Waals surface area contributed by atoms with Crippen molar-refractivity contribution in [1.82, 2.24) is 0 Å². The smallest absolute Gasteiger partial charge is 0.0476 e. The number of benzene rings is 9. The van der Waals surface area contributed by atoms with Gasteiger partial charge in [-0.1, -0.05) is 152 Å². The van der Waals surface area contributed by atoms with E-state index in [-0.39, 0.29) is 0 Å². The van der Waals surface area contributed by atoms with Gasteiger partial charge in [0, 0.05) is 37.2 Å². The first kappa shape index (κ1) is 32.0. The summed E-state index contributed by atoms with van der Waals surface area (Å²) in [4.78, 5) is 2.40. The lowest BCUT2D eigenvalue weighted by atomic mass is 9.93. The molecule has 0 bridgehead atoms. The van der Waals surface area contributed by atoms with Crippen molar-refractivity contribution in [2.24, 2.45) is 0 Å². The molecular formula is C52H35NS. The first-order valence-electron chi connectivity index (χ1n) is 18.4. The molecule has 0 N–H and O–H groups in total. The van der Waals surface area contributed by atoms with E-state index in [0.29, 0.717) is 0 Å². The average Bonchev–Trinajstić information content (AvgIpc) is 3.62. The fraction of sp³-hybridized carbons (Fsp3) is 0. The average molecular weight is 706 g/mol. The fourth-order valence-corrected chi connectivity index (χ4v) is 8.92. The lowest BCUT2D eigenvalue weighted by Crippen LogP contribution is -2.10. The summed E-state index contributed by atoms with van der Waals surface area (Å²) < 4.78 is 2.60. The molecule has 0 saturated carbocycles. The molecule has 0 aliphatic rings. The Bertz CT molecular complexity index is 2860. The molecule has 254 valence electrons. The monoisotopic (exact) mass is 705 g/mol. The van der Waals surface area contributed by atoms with Crippen molar-refractivity contribution < 1.29 is 0 Å². The van der Waals surface area contributed by atoms with Gasteiger partial charge in [0.15, 0.2) is 0 Å².